The molecule has 0 aliphatic heterocycles. The molecular formula is C35H34ClNO3S. The van der Waals surface area contributed by atoms with Crippen molar-refractivity contribution < 1.29 is 15.0 Å². The summed E-state index contributed by atoms with van der Waals surface area (Å²) in [7, 11) is 0. The summed E-state index contributed by atoms with van der Waals surface area (Å²) >= 11 is 7.94. The molecule has 1 aliphatic carbocycles. The van der Waals surface area contributed by atoms with Crippen molar-refractivity contribution in [2.24, 2.45) is 5.41 Å². The minimum absolute atomic E-state index is 0.0189. The van der Waals surface area contributed by atoms with Crippen LogP contribution in [0.3, 0.4) is 0 Å². The van der Waals surface area contributed by atoms with E-state index in [4.69, 9.17) is 16.6 Å². The Morgan fingerprint density at radius 2 is 1.80 bits per heavy atom. The number of aromatic nitrogens is 1. The molecule has 5 rings (SSSR count). The van der Waals surface area contributed by atoms with Crippen LogP contribution in [-0.4, -0.2) is 26.9 Å². The van der Waals surface area contributed by atoms with E-state index in [1.165, 1.54) is 0 Å². The number of carbonyl (C=O) groups is 1. The Morgan fingerprint density at radius 1 is 1.02 bits per heavy atom. The normalized spacial score (nSPS) is 15.5. The van der Waals surface area contributed by atoms with Crippen LogP contribution in [0.1, 0.15) is 66.3 Å². The fourth-order valence-corrected chi connectivity index (χ4v) is 6.63. The number of carboxylic acids is 1. The zero-order chi connectivity index (χ0) is 29.0. The van der Waals surface area contributed by atoms with E-state index < -0.39 is 11.6 Å². The van der Waals surface area contributed by atoms with Crippen molar-refractivity contribution in [1.82, 2.24) is 4.98 Å². The second kappa shape index (κ2) is 12.2. The average Bonchev–Trinajstić information content (AvgIpc) is 3.70. The Kier molecular flexibility index (Phi) is 8.69. The Hall–Kier alpha value is -3.38. The van der Waals surface area contributed by atoms with Crippen molar-refractivity contribution in [3.63, 3.8) is 0 Å². The highest BCUT2D eigenvalue weighted by molar-refractivity contribution is 7.99. The van der Waals surface area contributed by atoms with E-state index in [1.54, 1.807) is 25.6 Å². The van der Waals surface area contributed by atoms with Gasteiger partial charge in [-0.15, -0.1) is 11.8 Å². The van der Waals surface area contributed by atoms with Gasteiger partial charge in [-0.25, -0.2) is 4.98 Å². The van der Waals surface area contributed by atoms with Crippen molar-refractivity contribution in [2.75, 3.05) is 5.75 Å². The van der Waals surface area contributed by atoms with Crippen LogP contribution in [0, 0.1) is 5.41 Å². The van der Waals surface area contributed by atoms with Crippen molar-refractivity contribution in [1.29, 1.82) is 0 Å². The number of carboxylic acid groups (broad SMARTS) is 1. The molecule has 41 heavy (non-hydrogen) atoms. The lowest BCUT2D eigenvalue weighted by Crippen LogP contribution is -2.16. The first-order chi connectivity index (χ1) is 19.6. The van der Waals surface area contributed by atoms with Crippen molar-refractivity contribution in [3.8, 4) is 0 Å². The molecule has 1 aromatic heterocycles. The van der Waals surface area contributed by atoms with E-state index in [-0.39, 0.29) is 17.1 Å². The first-order valence-corrected chi connectivity index (χ1v) is 15.2. The number of thioether (sulfide) groups is 1. The largest absolute Gasteiger partial charge is 0.481 e. The van der Waals surface area contributed by atoms with E-state index in [1.807, 2.05) is 60.7 Å². The molecule has 6 heteroatoms. The minimum atomic E-state index is -0.962. The maximum Gasteiger partial charge on any atom is 0.303 e. The van der Waals surface area contributed by atoms with Gasteiger partial charge in [0, 0.05) is 21.4 Å². The Morgan fingerprint density at radius 3 is 2.56 bits per heavy atom. The van der Waals surface area contributed by atoms with Crippen LogP contribution >= 0.6 is 23.4 Å². The number of halogens is 1. The Balaban J connectivity index is 1.42. The van der Waals surface area contributed by atoms with Crippen LogP contribution in [0.15, 0.2) is 84.9 Å². The second-order valence-corrected chi connectivity index (χ2v) is 13.0. The van der Waals surface area contributed by atoms with Crippen LogP contribution in [0.5, 0.6) is 0 Å². The van der Waals surface area contributed by atoms with Gasteiger partial charge in [0.15, 0.2) is 0 Å². The Bertz CT molecular complexity index is 1620. The summed E-state index contributed by atoms with van der Waals surface area (Å²) in [4.78, 5) is 16.2. The van der Waals surface area contributed by atoms with Crippen LogP contribution in [0.4, 0.5) is 0 Å². The number of rotatable bonds is 11. The fraction of sp³-hybridized carbons (Fsp3) is 0.257. The van der Waals surface area contributed by atoms with Crippen molar-refractivity contribution >= 4 is 58.5 Å². The molecule has 4 aromatic rings. The summed E-state index contributed by atoms with van der Waals surface area (Å²) in [6.07, 6.45) is 10.4. The summed E-state index contributed by atoms with van der Waals surface area (Å²) in [5, 5.41) is 21.9. The van der Waals surface area contributed by atoms with Gasteiger partial charge in [0.05, 0.1) is 23.2 Å². The van der Waals surface area contributed by atoms with E-state index in [9.17, 15) is 15.0 Å². The van der Waals surface area contributed by atoms with Gasteiger partial charge in [0.25, 0.3) is 0 Å². The lowest BCUT2D eigenvalue weighted by Gasteiger charge is -2.21. The van der Waals surface area contributed by atoms with Gasteiger partial charge in [-0.1, -0.05) is 90.5 Å². The van der Waals surface area contributed by atoms with E-state index in [0.717, 1.165) is 57.4 Å². The predicted octanol–water partition coefficient (Wildman–Crippen LogP) is 9.03. The molecule has 1 atom stereocenters. The van der Waals surface area contributed by atoms with Crippen LogP contribution in [0.2, 0.25) is 5.02 Å². The first-order valence-electron chi connectivity index (χ1n) is 13.8. The molecule has 3 aromatic carbocycles. The van der Waals surface area contributed by atoms with Gasteiger partial charge in [0.1, 0.15) is 0 Å². The monoisotopic (exact) mass is 583 g/mol. The molecule has 1 heterocycles. The van der Waals surface area contributed by atoms with Gasteiger partial charge in [-0.05, 0) is 78.6 Å². The molecular weight excluding hydrogens is 550 g/mol. The second-order valence-electron chi connectivity index (χ2n) is 11.4. The van der Waals surface area contributed by atoms with Gasteiger partial charge in [-0.3, -0.25) is 4.79 Å². The maximum atomic E-state index is 11.5. The summed E-state index contributed by atoms with van der Waals surface area (Å²) < 4.78 is 0. The number of nitrogens with zero attached hydrogens (tertiary/aromatic N) is 1. The molecule has 0 amide bonds. The molecule has 0 radical (unpaired) electrons. The van der Waals surface area contributed by atoms with Gasteiger partial charge >= 0.3 is 5.97 Å². The van der Waals surface area contributed by atoms with Crippen molar-refractivity contribution in [3.05, 3.63) is 118 Å². The minimum Gasteiger partial charge on any atom is -0.481 e. The van der Waals surface area contributed by atoms with Crippen molar-refractivity contribution in [2.45, 2.75) is 44.0 Å². The number of hydrogen-bond acceptors (Lipinski definition) is 4. The first kappa shape index (κ1) is 29.1. The van der Waals surface area contributed by atoms with Crippen LogP contribution in [0.25, 0.3) is 29.1 Å². The predicted molar refractivity (Wildman–Crippen MR) is 172 cm³/mol. The lowest BCUT2D eigenvalue weighted by atomic mass is 9.93. The number of fused-ring (bicyclic) bond motifs is 1. The summed E-state index contributed by atoms with van der Waals surface area (Å²) in [6, 6.07) is 26.0. The third-order valence-electron chi connectivity index (χ3n) is 7.48. The molecule has 0 spiro atoms. The molecule has 0 unspecified atom stereocenters. The molecule has 1 aliphatic rings. The zero-order valence-electron chi connectivity index (χ0n) is 23.3. The number of benzene rings is 3. The average molecular weight is 584 g/mol. The lowest BCUT2D eigenvalue weighted by molar-refractivity contribution is -0.138. The number of hydrogen-bond donors (Lipinski definition) is 2. The molecule has 4 nitrogen and oxygen atoms in total. The molecule has 1 saturated carbocycles. The maximum absolute atomic E-state index is 11.5. The van der Waals surface area contributed by atoms with E-state index >= 15 is 0 Å². The number of aliphatic hydroxyl groups is 1. The standard InChI is InChI=1S/C35H34ClNO3S/c1-34(2,40)30-9-4-3-7-25(30)13-17-32(41-23-35(18-19-35)22-33(38)39)27-8-5-6-24(20-27)10-15-29-16-12-26-11-14-28(36)21-31(26)37-29/h3-17,20-21,32,40H,18-19,22-23H2,1-2H3,(H,38,39)/b15-10+,17-13+/t32-/m1/s1. The van der Waals surface area contributed by atoms with Gasteiger partial charge < -0.3 is 10.2 Å². The van der Waals surface area contributed by atoms with Gasteiger partial charge in [-0.2, -0.15) is 0 Å². The highest BCUT2D eigenvalue weighted by atomic mass is 35.5. The molecule has 210 valence electrons. The van der Waals surface area contributed by atoms with Crippen LogP contribution in [-0.2, 0) is 10.4 Å². The third-order valence-corrected chi connectivity index (χ3v) is 9.29. The van der Waals surface area contributed by atoms with E-state index in [2.05, 4.69) is 42.5 Å². The molecule has 2 N–H and O–H groups in total. The Labute approximate surface area is 250 Å². The highest BCUT2D eigenvalue weighted by Gasteiger charge is 2.44. The smallest absolute Gasteiger partial charge is 0.303 e. The molecule has 0 bridgehead atoms. The molecule has 1 fully saturated rings. The highest BCUT2D eigenvalue weighted by Crippen LogP contribution is 2.53. The quantitative estimate of drug-likeness (QED) is 0.184. The summed E-state index contributed by atoms with van der Waals surface area (Å²) in [5.41, 5.74) is 4.66. The zero-order valence-corrected chi connectivity index (χ0v) is 24.8. The summed E-state index contributed by atoms with van der Waals surface area (Å²) in [5.74, 6) is 0.0523. The topological polar surface area (TPSA) is 70.4 Å². The van der Waals surface area contributed by atoms with E-state index in [0.29, 0.717) is 5.02 Å². The molecule has 0 saturated heterocycles. The van der Waals surface area contributed by atoms with Crippen LogP contribution < -0.4 is 0 Å². The summed E-state index contributed by atoms with van der Waals surface area (Å²) in [6.45, 7) is 3.59. The number of pyridine rings is 1. The SMILES string of the molecule is CC(C)(O)c1ccccc1/C=C/[C@@H](SCC1(CC(=O)O)CC1)c1cccc(/C=C/c2ccc3ccc(Cl)cc3n2)c1. The van der Waals surface area contributed by atoms with Gasteiger partial charge in [0.2, 0.25) is 0 Å². The fourth-order valence-electron chi connectivity index (χ4n) is 5.01. The number of aliphatic carboxylic acids is 1. The third kappa shape index (κ3) is 7.68.